The van der Waals surface area contributed by atoms with Crippen LogP contribution in [-0.4, -0.2) is 47.0 Å². The van der Waals surface area contributed by atoms with Gasteiger partial charge in [0, 0.05) is 25.7 Å². The van der Waals surface area contributed by atoms with Gasteiger partial charge in [-0.2, -0.15) is 0 Å². The Morgan fingerprint density at radius 1 is 1.57 bits per heavy atom. The zero-order valence-electron chi connectivity index (χ0n) is 12.2. The highest BCUT2D eigenvalue weighted by Crippen LogP contribution is 2.19. The third-order valence-electron chi connectivity index (χ3n) is 4.10. The van der Waals surface area contributed by atoms with Gasteiger partial charge in [-0.15, -0.1) is 0 Å². The summed E-state index contributed by atoms with van der Waals surface area (Å²) in [6.45, 7) is 1.82. The topological polar surface area (TPSA) is 87.0 Å². The lowest BCUT2D eigenvalue weighted by Gasteiger charge is -2.22. The Morgan fingerprint density at radius 2 is 2.43 bits per heavy atom. The number of likely N-dealkylation sites (N-methyl/N-ethyl adjacent to an activating group) is 1. The first-order chi connectivity index (χ1) is 10.2. The fourth-order valence-corrected chi connectivity index (χ4v) is 3.01. The molecule has 2 heterocycles. The number of fused-ring (bicyclic) bond motifs is 1. The van der Waals surface area contributed by atoms with Gasteiger partial charge in [-0.1, -0.05) is 0 Å². The van der Waals surface area contributed by atoms with Crippen LogP contribution in [0.25, 0.3) is 11.0 Å². The average Bonchev–Trinajstić information content (AvgIpc) is 3.09. The van der Waals surface area contributed by atoms with Crippen molar-refractivity contribution in [1.82, 2.24) is 20.2 Å². The summed E-state index contributed by atoms with van der Waals surface area (Å²) in [6.07, 6.45) is 2.83. The molecule has 0 aliphatic carbocycles. The fraction of sp³-hybridized carbons (Fsp3) is 0.467. The first-order valence-corrected chi connectivity index (χ1v) is 7.37. The van der Waals surface area contributed by atoms with Crippen LogP contribution in [0.2, 0.25) is 0 Å². The molecule has 1 fully saturated rings. The summed E-state index contributed by atoms with van der Waals surface area (Å²) in [5.41, 5.74) is 8.41. The summed E-state index contributed by atoms with van der Waals surface area (Å²) in [4.78, 5) is 21.9. The maximum Gasteiger partial charge on any atom is 0.237 e. The number of nitrogens with one attached hydrogen (secondary N) is 2. The molecule has 0 radical (unpaired) electrons. The van der Waals surface area contributed by atoms with Crippen LogP contribution in [0.1, 0.15) is 18.7 Å². The molecule has 112 valence electrons. The lowest BCUT2D eigenvalue weighted by molar-refractivity contribution is -0.124. The highest BCUT2D eigenvalue weighted by atomic mass is 16.2. The monoisotopic (exact) mass is 287 g/mol. The summed E-state index contributed by atoms with van der Waals surface area (Å²) in [6, 6.07) is 5.69. The minimum absolute atomic E-state index is 0.00928. The molecule has 0 spiro atoms. The number of aromatic nitrogens is 2. The van der Waals surface area contributed by atoms with Crippen LogP contribution >= 0.6 is 0 Å². The molecule has 1 amide bonds. The second-order valence-corrected chi connectivity index (χ2v) is 5.52. The molecule has 1 aliphatic rings. The average molecular weight is 287 g/mol. The maximum atomic E-state index is 11.8. The number of amides is 1. The first-order valence-electron chi connectivity index (χ1n) is 7.37. The Bertz CT molecular complexity index is 651. The molecule has 1 saturated heterocycles. The van der Waals surface area contributed by atoms with Gasteiger partial charge in [0.25, 0.3) is 0 Å². The molecule has 6 nitrogen and oxygen atoms in total. The van der Waals surface area contributed by atoms with E-state index in [2.05, 4.69) is 20.2 Å². The predicted octanol–water partition coefficient (Wildman–Crippen LogP) is 0.898. The Hall–Kier alpha value is -2.08. The standard InChI is InChI=1S/C15H21N5O/c1-17-15(21)13-3-2-7-20(13)8-6-14-18-11-5-4-10(16)9-12(11)19-14/h4-5,9,13H,2-3,6-8,16H2,1H3,(H,17,21)(H,18,19). The number of carbonyl (C=O) groups is 1. The molecule has 1 aromatic carbocycles. The molecule has 0 saturated carbocycles. The van der Waals surface area contributed by atoms with Gasteiger partial charge in [-0.25, -0.2) is 4.98 Å². The lowest BCUT2D eigenvalue weighted by atomic mass is 10.2. The number of anilines is 1. The lowest BCUT2D eigenvalue weighted by Crippen LogP contribution is -2.42. The highest BCUT2D eigenvalue weighted by molar-refractivity contribution is 5.81. The predicted molar refractivity (Wildman–Crippen MR) is 82.9 cm³/mol. The van der Waals surface area contributed by atoms with Gasteiger partial charge in [-0.3, -0.25) is 9.69 Å². The summed E-state index contributed by atoms with van der Waals surface area (Å²) in [5.74, 6) is 1.06. The van der Waals surface area contributed by atoms with Gasteiger partial charge in [0.2, 0.25) is 5.91 Å². The quantitative estimate of drug-likeness (QED) is 0.729. The molecule has 4 N–H and O–H groups in total. The Kier molecular flexibility index (Phi) is 3.79. The van der Waals surface area contributed by atoms with E-state index < -0.39 is 0 Å². The van der Waals surface area contributed by atoms with E-state index in [9.17, 15) is 4.79 Å². The maximum absolute atomic E-state index is 11.8. The number of rotatable bonds is 4. The third-order valence-corrected chi connectivity index (χ3v) is 4.10. The minimum atomic E-state index is 0.00928. The van der Waals surface area contributed by atoms with E-state index in [-0.39, 0.29) is 11.9 Å². The zero-order valence-corrected chi connectivity index (χ0v) is 12.2. The van der Waals surface area contributed by atoms with E-state index >= 15 is 0 Å². The zero-order chi connectivity index (χ0) is 14.8. The number of H-pyrrole nitrogens is 1. The van der Waals surface area contributed by atoms with Crippen molar-refractivity contribution in [2.75, 3.05) is 25.9 Å². The van der Waals surface area contributed by atoms with Gasteiger partial charge in [0.15, 0.2) is 0 Å². The van der Waals surface area contributed by atoms with Crippen molar-refractivity contribution in [3.8, 4) is 0 Å². The number of hydrogen-bond acceptors (Lipinski definition) is 4. The SMILES string of the molecule is CNC(=O)C1CCCN1CCc1nc2ccc(N)cc2[nH]1. The van der Waals surface area contributed by atoms with Crippen molar-refractivity contribution < 1.29 is 4.79 Å². The molecule has 6 heteroatoms. The van der Waals surface area contributed by atoms with Crippen LogP contribution in [0, 0.1) is 0 Å². The van der Waals surface area contributed by atoms with Crippen LogP contribution < -0.4 is 11.1 Å². The minimum Gasteiger partial charge on any atom is -0.399 e. The summed E-state index contributed by atoms with van der Waals surface area (Å²) >= 11 is 0. The number of aromatic amines is 1. The molecule has 1 aromatic heterocycles. The fourth-order valence-electron chi connectivity index (χ4n) is 3.01. The number of likely N-dealkylation sites (tertiary alicyclic amines) is 1. The highest BCUT2D eigenvalue weighted by Gasteiger charge is 2.29. The van der Waals surface area contributed by atoms with Crippen LogP contribution in [0.4, 0.5) is 5.69 Å². The number of nitrogens with two attached hydrogens (primary N) is 1. The van der Waals surface area contributed by atoms with Crippen molar-refractivity contribution in [1.29, 1.82) is 0 Å². The molecule has 3 rings (SSSR count). The van der Waals surface area contributed by atoms with Gasteiger partial charge >= 0.3 is 0 Å². The smallest absolute Gasteiger partial charge is 0.237 e. The number of benzene rings is 1. The molecule has 1 atom stereocenters. The van der Waals surface area contributed by atoms with Crippen molar-refractivity contribution in [3.05, 3.63) is 24.0 Å². The van der Waals surface area contributed by atoms with E-state index in [1.165, 1.54) is 0 Å². The van der Waals surface area contributed by atoms with Gasteiger partial charge < -0.3 is 16.0 Å². The largest absolute Gasteiger partial charge is 0.399 e. The first kappa shape index (κ1) is 13.9. The van der Waals surface area contributed by atoms with Crippen LogP contribution in [0.3, 0.4) is 0 Å². The number of nitrogen functional groups attached to an aromatic ring is 1. The van der Waals surface area contributed by atoms with E-state index in [4.69, 9.17) is 5.73 Å². The Labute approximate surface area is 123 Å². The summed E-state index contributed by atoms with van der Waals surface area (Å²) in [5, 5.41) is 2.74. The van der Waals surface area contributed by atoms with E-state index in [1.54, 1.807) is 7.05 Å². The normalized spacial score (nSPS) is 19.2. The number of hydrogen-bond donors (Lipinski definition) is 3. The van der Waals surface area contributed by atoms with Crippen molar-refractivity contribution in [2.45, 2.75) is 25.3 Å². The molecular weight excluding hydrogens is 266 g/mol. The van der Waals surface area contributed by atoms with Gasteiger partial charge in [-0.05, 0) is 37.6 Å². The molecule has 21 heavy (non-hydrogen) atoms. The Balaban J connectivity index is 1.67. The summed E-state index contributed by atoms with van der Waals surface area (Å²) < 4.78 is 0. The number of imidazole rings is 1. The molecular formula is C15H21N5O. The van der Waals surface area contributed by atoms with Crippen LogP contribution in [0.15, 0.2) is 18.2 Å². The van der Waals surface area contributed by atoms with Crippen LogP contribution in [0.5, 0.6) is 0 Å². The molecule has 1 aliphatic heterocycles. The van der Waals surface area contributed by atoms with E-state index in [0.29, 0.717) is 0 Å². The number of nitrogens with zero attached hydrogens (tertiary/aromatic N) is 2. The molecule has 1 unspecified atom stereocenters. The van der Waals surface area contributed by atoms with Crippen molar-refractivity contribution >= 4 is 22.6 Å². The van der Waals surface area contributed by atoms with Crippen molar-refractivity contribution in [2.24, 2.45) is 0 Å². The number of carbonyl (C=O) groups excluding carboxylic acids is 1. The van der Waals surface area contributed by atoms with Crippen molar-refractivity contribution in [3.63, 3.8) is 0 Å². The van der Waals surface area contributed by atoms with E-state index in [1.807, 2.05) is 18.2 Å². The second-order valence-electron chi connectivity index (χ2n) is 5.52. The molecule has 2 aromatic rings. The second kappa shape index (κ2) is 5.73. The Morgan fingerprint density at radius 3 is 3.24 bits per heavy atom. The van der Waals surface area contributed by atoms with Gasteiger partial charge in [0.05, 0.1) is 17.1 Å². The van der Waals surface area contributed by atoms with Gasteiger partial charge in [0.1, 0.15) is 5.82 Å². The molecule has 0 bridgehead atoms. The third kappa shape index (κ3) is 2.85. The van der Waals surface area contributed by atoms with Crippen LogP contribution in [-0.2, 0) is 11.2 Å². The van der Waals surface area contributed by atoms with E-state index in [0.717, 1.165) is 54.9 Å². The summed E-state index contributed by atoms with van der Waals surface area (Å²) in [7, 11) is 1.70.